The molecule has 0 unspecified atom stereocenters. The molecular formula is BCeNiW. The van der Waals surface area contributed by atoms with E-state index in [1.54, 1.807) is 0 Å². The van der Waals surface area contributed by atoms with Crippen molar-refractivity contribution in [3.05, 3.63) is 0 Å². The molecule has 0 fully saturated rings. The topological polar surface area (TPSA) is 0 Å². The van der Waals surface area contributed by atoms with E-state index in [1.165, 1.54) is 0 Å². The quantitative estimate of drug-likeness (QED) is 0.492. The third-order valence-electron chi connectivity index (χ3n) is 0. The standard InChI is InChI=1S/B.Ce.Ni.W. The van der Waals surface area contributed by atoms with Crippen LogP contribution in [0.3, 0.4) is 0 Å². The van der Waals surface area contributed by atoms with Crippen LogP contribution in [0, 0.1) is 41.7 Å². The van der Waals surface area contributed by atoms with Crippen molar-refractivity contribution in [3.8, 4) is 0 Å². The van der Waals surface area contributed by atoms with Crippen LogP contribution in [-0.4, -0.2) is 8.41 Å². The molecule has 0 heterocycles. The van der Waals surface area contributed by atoms with Crippen LogP contribution in [0.2, 0.25) is 0 Å². The molecule has 0 nitrogen and oxygen atoms in total. The minimum Gasteiger partial charge on any atom is 0 e. The number of hydrogen-bond donors (Lipinski definition) is 0. The van der Waals surface area contributed by atoms with Gasteiger partial charge in [0.15, 0.2) is 0 Å². The van der Waals surface area contributed by atoms with Gasteiger partial charge in [0.2, 0.25) is 0 Å². The van der Waals surface area contributed by atoms with Crippen LogP contribution >= 0.6 is 0 Å². The van der Waals surface area contributed by atoms with E-state index >= 15 is 0 Å². The van der Waals surface area contributed by atoms with E-state index < -0.39 is 0 Å². The van der Waals surface area contributed by atoms with Crippen LogP contribution < -0.4 is 0 Å². The minimum atomic E-state index is 0. The third kappa shape index (κ3) is 8.82. The van der Waals surface area contributed by atoms with E-state index in [2.05, 4.69) is 0 Å². The van der Waals surface area contributed by atoms with E-state index in [-0.39, 0.29) is 87.7 Å². The zero-order chi connectivity index (χ0) is 0. The Morgan fingerprint density at radius 2 is 1.00 bits per heavy atom. The summed E-state index contributed by atoms with van der Waals surface area (Å²) in [5.74, 6) is 0. The van der Waals surface area contributed by atoms with Crippen LogP contribution in [-0.2, 0) is 37.6 Å². The molecule has 0 N–H and O–H groups in total. The second-order valence-corrected chi connectivity index (χ2v) is 0. The Balaban J connectivity index is 0. The summed E-state index contributed by atoms with van der Waals surface area (Å²) in [4.78, 5) is 0. The molecule has 0 amide bonds. The van der Waals surface area contributed by atoms with Crippen molar-refractivity contribution in [1.29, 1.82) is 0 Å². The molecule has 4 heavy (non-hydrogen) atoms. The van der Waals surface area contributed by atoms with E-state index in [9.17, 15) is 0 Å². The smallest absolute Gasteiger partial charge is 0 e. The second-order valence-electron chi connectivity index (χ2n) is 0. The molecule has 0 bridgehead atoms. The van der Waals surface area contributed by atoms with Gasteiger partial charge in [-0.2, -0.15) is 0 Å². The van der Waals surface area contributed by atoms with Crippen LogP contribution in [0.15, 0.2) is 0 Å². The van der Waals surface area contributed by atoms with E-state index in [0.717, 1.165) is 0 Å². The van der Waals surface area contributed by atoms with Gasteiger partial charge in [-0.15, -0.1) is 0 Å². The first-order valence-corrected chi connectivity index (χ1v) is 0. The molecule has 0 rings (SSSR count). The maximum atomic E-state index is 0. The molecule has 0 spiro atoms. The van der Waals surface area contributed by atoms with Crippen molar-refractivity contribution in [2.75, 3.05) is 0 Å². The fourth-order valence-corrected chi connectivity index (χ4v) is 0. The van der Waals surface area contributed by atoms with Crippen LogP contribution in [0.1, 0.15) is 0 Å². The molecule has 4 heteroatoms. The second kappa shape index (κ2) is 17.5. The average Bonchev–Trinajstić information content (AvgIpc) is 0. The maximum Gasteiger partial charge on any atom is 0 e. The summed E-state index contributed by atoms with van der Waals surface area (Å²) in [6, 6.07) is 0. The SMILES string of the molecule is [B].[Ce].[Ni].[W]. The average molecular weight is 393 g/mol. The third-order valence-corrected chi connectivity index (χ3v) is 0. The normalized spacial score (nSPS) is 0. The molecule has 0 aliphatic rings. The van der Waals surface area contributed by atoms with Gasteiger partial charge in [0.1, 0.15) is 0 Å². The summed E-state index contributed by atoms with van der Waals surface area (Å²) < 4.78 is 0. The van der Waals surface area contributed by atoms with E-state index in [4.69, 9.17) is 0 Å². The van der Waals surface area contributed by atoms with Gasteiger partial charge in [0.25, 0.3) is 0 Å². The van der Waals surface area contributed by atoms with Crippen LogP contribution in [0.25, 0.3) is 0 Å². The fourth-order valence-electron chi connectivity index (χ4n) is 0. The predicted octanol–water partition coefficient (Wildman–Crippen LogP) is -0.386. The first-order chi connectivity index (χ1) is 0. The van der Waals surface area contributed by atoms with Gasteiger partial charge in [-0.3, -0.25) is 0 Å². The number of rotatable bonds is 0. The van der Waals surface area contributed by atoms with E-state index in [1.807, 2.05) is 0 Å². The summed E-state index contributed by atoms with van der Waals surface area (Å²) in [6.07, 6.45) is 0. The van der Waals surface area contributed by atoms with Gasteiger partial charge in [0, 0.05) is 87.7 Å². The molecule has 0 aliphatic heterocycles. The molecule has 0 saturated carbocycles. The molecule has 0 aromatic carbocycles. The summed E-state index contributed by atoms with van der Waals surface area (Å²) in [7, 11) is 0. The van der Waals surface area contributed by atoms with Gasteiger partial charge in [-0.05, 0) is 0 Å². The van der Waals surface area contributed by atoms with Gasteiger partial charge in [-0.1, -0.05) is 0 Å². The zero-order valence-corrected chi connectivity index (χ0v) is 8.86. The summed E-state index contributed by atoms with van der Waals surface area (Å²) in [5, 5.41) is 0. The summed E-state index contributed by atoms with van der Waals surface area (Å²) in [5.41, 5.74) is 0. The minimum absolute atomic E-state index is 0. The predicted molar refractivity (Wildman–Crippen MR) is 5.75 cm³/mol. The Bertz CT molecular complexity index is 8.00. The summed E-state index contributed by atoms with van der Waals surface area (Å²) >= 11 is 0. The van der Waals surface area contributed by atoms with Crippen molar-refractivity contribution in [1.82, 2.24) is 0 Å². The van der Waals surface area contributed by atoms with Crippen molar-refractivity contribution >= 4 is 8.41 Å². The Morgan fingerprint density at radius 3 is 1.00 bits per heavy atom. The maximum absolute atomic E-state index is 0. The first-order valence-electron chi connectivity index (χ1n) is 0. The molecular weight excluding hydrogens is 393 g/mol. The van der Waals surface area contributed by atoms with Crippen LogP contribution in [0.5, 0.6) is 0 Å². The molecule has 23 valence electrons. The van der Waals surface area contributed by atoms with Gasteiger partial charge < -0.3 is 0 Å². The molecule has 0 saturated heterocycles. The monoisotopic (exact) mass is 393 g/mol. The van der Waals surface area contributed by atoms with Gasteiger partial charge >= 0.3 is 0 Å². The van der Waals surface area contributed by atoms with Crippen molar-refractivity contribution in [3.63, 3.8) is 0 Å². The number of hydrogen-bond acceptors (Lipinski definition) is 0. The Labute approximate surface area is 86.0 Å². The zero-order valence-electron chi connectivity index (χ0n) is 1.80. The largest absolute Gasteiger partial charge is 0 e. The fraction of sp³-hybridized carbons (Fsp3) is 0. The van der Waals surface area contributed by atoms with Crippen molar-refractivity contribution < 1.29 is 79.3 Å². The molecule has 0 aliphatic carbocycles. The molecule has 0 atom stereocenters. The van der Waals surface area contributed by atoms with Crippen LogP contribution in [0.4, 0.5) is 0 Å². The van der Waals surface area contributed by atoms with E-state index in [0.29, 0.717) is 0 Å². The molecule has 0 aromatic heterocycles. The molecule has 3 radical (unpaired) electrons. The van der Waals surface area contributed by atoms with Gasteiger partial charge in [-0.25, -0.2) is 0 Å². The first kappa shape index (κ1) is 30.4. The Morgan fingerprint density at radius 1 is 1.00 bits per heavy atom. The Kier molecular flexibility index (Phi) is 133. The van der Waals surface area contributed by atoms with Crippen molar-refractivity contribution in [2.45, 2.75) is 0 Å². The van der Waals surface area contributed by atoms with Crippen molar-refractivity contribution in [2.24, 2.45) is 0 Å². The van der Waals surface area contributed by atoms with Gasteiger partial charge in [0.05, 0.1) is 0 Å². The Hall–Kier alpha value is 2.62. The molecule has 0 aromatic rings. The summed E-state index contributed by atoms with van der Waals surface area (Å²) in [6.45, 7) is 0.